The van der Waals surface area contributed by atoms with Crippen molar-refractivity contribution in [2.24, 2.45) is 0 Å². The average Bonchev–Trinajstić information content (AvgIpc) is 1.60. The molecule has 1 aliphatic heterocycles. The van der Waals surface area contributed by atoms with Crippen LogP contribution in [-0.4, -0.2) is 49.7 Å². The molecule has 0 aliphatic carbocycles. The summed E-state index contributed by atoms with van der Waals surface area (Å²) in [6, 6.07) is 0. The molecule has 0 spiro atoms. The largest absolute Gasteiger partial charge is 0.364 e. The second-order valence-electron chi connectivity index (χ2n) is 3.17. The Labute approximate surface area is 55.4 Å². The number of hydrogen-bond acceptors (Lipinski definition) is 2. The molecule has 0 saturated carbocycles. The number of quaternary nitrogens is 1. The van der Waals surface area contributed by atoms with Crippen molar-refractivity contribution < 1.29 is 14.3 Å². The Morgan fingerprint density at radius 1 is 1.56 bits per heavy atom. The van der Waals surface area contributed by atoms with Gasteiger partial charge in [-0.1, -0.05) is 0 Å². The van der Waals surface area contributed by atoms with Crippen molar-refractivity contribution in [3.8, 4) is 0 Å². The molecule has 3 heteroatoms. The Morgan fingerprint density at radius 2 is 2.22 bits per heavy atom. The van der Waals surface area contributed by atoms with Gasteiger partial charge in [0.15, 0.2) is 0 Å². The summed E-state index contributed by atoms with van der Waals surface area (Å²) in [4.78, 5) is 0. The fraction of sp³-hybridized carbons (Fsp3) is 1.00. The van der Waals surface area contributed by atoms with Crippen LogP contribution < -0.4 is 0 Å². The third-order valence-corrected chi connectivity index (χ3v) is 1.66. The lowest BCUT2D eigenvalue weighted by Crippen LogP contribution is -2.52. The van der Waals surface area contributed by atoms with Gasteiger partial charge in [0.25, 0.3) is 0 Å². The van der Waals surface area contributed by atoms with Crippen LogP contribution in [0.4, 0.5) is 0 Å². The normalized spacial score (nSPS) is 34.3. The highest BCUT2D eigenvalue weighted by molar-refractivity contribution is 4.46. The number of nitrogens with zero attached hydrogens (tertiary/aromatic N) is 1. The second-order valence-corrected chi connectivity index (χ2v) is 3.17. The monoisotopic (exact) mass is 132 g/mol. The Kier molecular flexibility index (Phi) is 1.75. The van der Waals surface area contributed by atoms with Gasteiger partial charge in [-0.2, -0.15) is 0 Å². The minimum atomic E-state index is -0.547. The highest BCUT2D eigenvalue weighted by atomic mass is 16.6. The molecule has 1 unspecified atom stereocenters. The van der Waals surface area contributed by atoms with E-state index < -0.39 is 6.29 Å². The van der Waals surface area contributed by atoms with Crippen molar-refractivity contribution in [3.63, 3.8) is 0 Å². The van der Waals surface area contributed by atoms with Gasteiger partial charge in [0, 0.05) is 0 Å². The van der Waals surface area contributed by atoms with E-state index in [0.29, 0.717) is 13.2 Å². The van der Waals surface area contributed by atoms with E-state index in [1.165, 1.54) is 0 Å². The number of hydrogen-bond donors (Lipinski definition) is 1. The summed E-state index contributed by atoms with van der Waals surface area (Å²) in [6.45, 7) is 2.38. The van der Waals surface area contributed by atoms with Gasteiger partial charge >= 0.3 is 0 Å². The Hall–Kier alpha value is -0.120. The highest BCUT2D eigenvalue weighted by Crippen LogP contribution is 2.06. The standard InChI is InChI=1S/C6H14NO2/c1-7(2)3-4-9-6(8)5-7/h6,8H,3-5H2,1-2H3/q+1. The van der Waals surface area contributed by atoms with Crippen LogP contribution >= 0.6 is 0 Å². The van der Waals surface area contributed by atoms with E-state index in [4.69, 9.17) is 9.84 Å². The van der Waals surface area contributed by atoms with Crippen LogP contribution in [0.25, 0.3) is 0 Å². The fourth-order valence-corrected chi connectivity index (χ4v) is 1.00. The number of aliphatic hydroxyl groups excluding tert-OH is 1. The maximum Gasteiger partial charge on any atom is 0.205 e. The van der Waals surface area contributed by atoms with Crippen LogP contribution in [-0.2, 0) is 4.74 Å². The van der Waals surface area contributed by atoms with Gasteiger partial charge in [-0.25, -0.2) is 0 Å². The number of rotatable bonds is 0. The van der Waals surface area contributed by atoms with Gasteiger partial charge in [-0.3, -0.25) is 0 Å². The van der Waals surface area contributed by atoms with Gasteiger partial charge in [0.05, 0.1) is 20.7 Å². The molecule has 1 fully saturated rings. The van der Waals surface area contributed by atoms with Gasteiger partial charge in [-0.15, -0.1) is 0 Å². The van der Waals surface area contributed by atoms with Crippen LogP contribution in [0, 0.1) is 0 Å². The summed E-state index contributed by atoms with van der Waals surface area (Å²) >= 11 is 0. The first-order chi connectivity index (χ1) is 4.10. The number of aliphatic hydroxyl groups is 1. The molecule has 0 amide bonds. The lowest BCUT2D eigenvalue weighted by molar-refractivity contribution is -0.905. The molecule has 9 heavy (non-hydrogen) atoms. The third-order valence-electron chi connectivity index (χ3n) is 1.66. The molecule has 1 rings (SSSR count). The van der Waals surface area contributed by atoms with E-state index in [9.17, 15) is 0 Å². The molecule has 54 valence electrons. The van der Waals surface area contributed by atoms with Crippen LogP contribution in [0.15, 0.2) is 0 Å². The van der Waals surface area contributed by atoms with Gasteiger partial charge < -0.3 is 14.3 Å². The predicted molar refractivity (Wildman–Crippen MR) is 33.8 cm³/mol. The molecule has 0 aromatic heterocycles. The maximum absolute atomic E-state index is 9.01. The second kappa shape index (κ2) is 2.25. The SMILES string of the molecule is C[N+]1(C)CCOC(O)C1. The molecule has 0 aromatic rings. The number of morpholine rings is 1. The fourth-order valence-electron chi connectivity index (χ4n) is 1.00. The zero-order valence-electron chi connectivity index (χ0n) is 6.00. The van der Waals surface area contributed by atoms with Crippen molar-refractivity contribution in [2.75, 3.05) is 33.8 Å². The Morgan fingerprint density at radius 3 is 2.56 bits per heavy atom. The van der Waals surface area contributed by atoms with Crippen LogP contribution in [0.1, 0.15) is 0 Å². The smallest absolute Gasteiger partial charge is 0.205 e. The third kappa shape index (κ3) is 1.93. The van der Waals surface area contributed by atoms with Gasteiger partial charge in [0.2, 0.25) is 6.29 Å². The summed E-state index contributed by atoms with van der Waals surface area (Å²) in [5.41, 5.74) is 0. The van der Waals surface area contributed by atoms with E-state index >= 15 is 0 Å². The number of ether oxygens (including phenoxy) is 1. The van der Waals surface area contributed by atoms with Crippen molar-refractivity contribution >= 4 is 0 Å². The summed E-state index contributed by atoms with van der Waals surface area (Å²) in [5.74, 6) is 0. The van der Waals surface area contributed by atoms with E-state index in [2.05, 4.69) is 14.1 Å². The first-order valence-corrected chi connectivity index (χ1v) is 3.22. The summed E-state index contributed by atoms with van der Waals surface area (Å²) in [6.07, 6.45) is -0.547. The molecule has 1 aliphatic rings. The predicted octanol–water partition coefficient (Wildman–Crippen LogP) is -0.589. The lowest BCUT2D eigenvalue weighted by Gasteiger charge is -2.35. The molecule has 1 heterocycles. The van der Waals surface area contributed by atoms with E-state index in [0.717, 1.165) is 11.0 Å². The molecule has 0 radical (unpaired) electrons. The maximum atomic E-state index is 9.01. The molecule has 3 nitrogen and oxygen atoms in total. The first-order valence-electron chi connectivity index (χ1n) is 3.22. The molecule has 1 N–H and O–H groups in total. The Bertz CT molecular complexity index is 103. The lowest BCUT2D eigenvalue weighted by atomic mass is 10.4. The minimum absolute atomic E-state index is 0.547. The zero-order chi connectivity index (χ0) is 6.91. The first kappa shape index (κ1) is 6.99. The topological polar surface area (TPSA) is 29.5 Å². The molecular weight excluding hydrogens is 118 g/mol. The Balaban J connectivity index is 2.41. The van der Waals surface area contributed by atoms with Gasteiger partial charge in [-0.05, 0) is 0 Å². The molecule has 1 saturated heterocycles. The van der Waals surface area contributed by atoms with Crippen molar-refractivity contribution in [2.45, 2.75) is 6.29 Å². The molecule has 1 atom stereocenters. The zero-order valence-corrected chi connectivity index (χ0v) is 6.00. The summed E-state index contributed by atoms with van der Waals surface area (Å²) < 4.78 is 5.82. The van der Waals surface area contributed by atoms with Crippen molar-refractivity contribution in [1.82, 2.24) is 0 Å². The van der Waals surface area contributed by atoms with Crippen LogP contribution in [0.5, 0.6) is 0 Å². The molecular formula is C6H14NO2+. The van der Waals surface area contributed by atoms with Crippen molar-refractivity contribution in [1.29, 1.82) is 0 Å². The van der Waals surface area contributed by atoms with Crippen LogP contribution in [0.2, 0.25) is 0 Å². The molecule has 0 aromatic carbocycles. The van der Waals surface area contributed by atoms with Gasteiger partial charge in [0.1, 0.15) is 13.1 Å². The van der Waals surface area contributed by atoms with E-state index in [-0.39, 0.29) is 0 Å². The average molecular weight is 132 g/mol. The highest BCUT2D eigenvalue weighted by Gasteiger charge is 2.25. The molecule has 0 bridgehead atoms. The van der Waals surface area contributed by atoms with Crippen molar-refractivity contribution in [3.05, 3.63) is 0 Å². The number of likely N-dealkylation sites (N-methyl/N-ethyl adjacent to an activating group) is 1. The van der Waals surface area contributed by atoms with E-state index in [1.807, 2.05) is 0 Å². The van der Waals surface area contributed by atoms with E-state index in [1.54, 1.807) is 0 Å². The minimum Gasteiger partial charge on any atom is -0.364 e. The van der Waals surface area contributed by atoms with Crippen LogP contribution in [0.3, 0.4) is 0 Å². The summed E-state index contributed by atoms with van der Waals surface area (Å²) in [7, 11) is 4.18. The summed E-state index contributed by atoms with van der Waals surface area (Å²) in [5, 5.41) is 9.01. The quantitative estimate of drug-likeness (QED) is 0.446.